The predicted molar refractivity (Wildman–Crippen MR) is 142 cm³/mol. The van der Waals surface area contributed by atoms with Gasteiger partial charge in [0.25, 0.3) is 0 Å². The Kier molecular flexibility index (Phi) is 104. The molecule has 178 valence electrons. The Balaban J connectivity index is -0.0000000305. The van der Waals surface area contributed by atoms with Crippen LogP contribution in [0.3, 0.4) is 0 Å². The first kappa shape index (κ1) is 56.9. The Morgan fingerprint density at radius 3 is 1.21 bits per heavy atom. The van der Waals surface area contributed by atoms with Crippen LogP contribution in [0.2, 0.25) is 0 Å². The van der Waals surface area contributed by atoms with Gasteiger partial charge in [0.15, 0.2) is 0 Å². The van der Waals surface area contributed by atoms with Gasteiger partial charge in [-0.1, -0.05) is 70.6 Å². The number of allylic oxidation sites excluding steroid dienone is 4. The van der Waals surface area contributed by atoms with Crippen molar-refractivity contribution in [2.24, 2.45) is 0 Å². The van der Waals surface area contributed by atoms with Crippen LogP contribution in [0, 0.1) is 50.6 Å². The van der Waals surface area contributed by atoms with Gasteiger partial charge in [-0.05, 0) is 0 Å². The third-order valence-electron chi connectivity index (χ3n) is 3.69. The van der Waals surface area contributed by atoms with E-state index in [1.165, 1.54) is 57.8 Å². The fourth-order valence-corrected chi connectivity index (χ4v) is 2.50. The van der Waals surface area contributed by atoms with Crippen molar-refractivity contribution < 1.29 is 23.3 Å². The van der Waals surface area contributed by atoms with Crippen LogP contribution in [0.15, 0.2) is 18.2 Å². The summed E-state index contributed by atoms with van der Waals surface area (Å²) in [5, 5.41) is 0. The van der Waals surface area contributed by atoms with E-state index >= 15 is 0 Å². The average Bonchev–Trinajstić information content (AvgIpc) is 3.04. The summed E-state index contributed by atoms with van der Waals surface area (Å²) in [6, 6.07) is 0.249. The molecule has 0 saturated heterocycles. The molecule has 0 bridgehead atoms. The molecule has 0 aromatic rings. The van der Waals surface area contributed by atoms with Crippen LogP contribution >= 0.6 is 24.8 Å². The van der Waals surface area contributed by atoms with Crippen molar-refractivity contribution in [3.63, 3.8) is 0 Å². The molecule has 1 saturated carbocycles. The van der Waals surface area contributed by atoms with Gasteiger partial charge in [0.05, 0.1) is 0 Å². The second-order valence-corrected chi connectivity index (χ2v) is 5.46. The van der Waals surface area contributed by atoms with Crippen molar-refractivity contribution in [1.29, 1.82) is 0 Å². The monoisotopic (exact) mass is 529 g/mol. The van der Waals surface area contributed by atoms with Gasteiger partial charge in [-0.2, -0.15) is 6.08 Å². The summed E-state index contributed by atoms with van der Waals surface area (Å²) in [5.41, 5.74) is 7.80. The number of hydrogen-bond donors (Lipinski definition) is 0. The number of rotatable bonds is 0. The van der Waals surface area contributed by atoms with E-state index in [0.717, 1.165) is 19.3 Å². The van der Waals surface area contributed by atoms with Crippen molar-refractivity contribution in [3.8, 4) is 0 Å². The molecule has 0 unspecified atom stereocenters. The van der Waals surface area contributed by atoms with Crippen LogP contribution in [0.5, 0.6) is 0 Å². The number of nitrogens with one attached hydrogen (secondary N) is 1. The summed E-state index contributed by atoms with van der Waals surface area (Å²) < 4.78 is 0. The van der Waals surface area contributed by atoms with Crippen molar-refractivity contribution in [2.45, 2.75) is 83.1 Å². The fraction of sp³-hybridized carbons (Fsp3) is 0.565. The van der Waals surface area contributed by atoms with Crippen LogP contribution < -0.4 is 0 Å². The van der Waals surface area contributed by atoms with Gasteiger partial charge < -0.3 is 50.3 Å². The van der Waals surface area contributed by atoms with Crippen molar-refractivity contribution in [1.82, 2.24) is 0 Å². The molecule has 0 atom stereocenters. The van der Waals surface area contributed by atoms with E-state index in [4.69, 9.17) is 5.73 Å². The summed E-state index contributed by atoms with van der Waals surface area (Å²) in [5.74, 6) is 0. The third-order valence-corrected chi connectivity index (χ3v) is 3.69. The van der Waals surface area contributed by atoms with E-state index in [2.05, 4.69) is 12.2 Å². The molecule has 2 aliphatic rings. The second kappa shape index (κ2) is 51.1. The molecule has 1 fully saturated rings. The summed E-state index contributed by atoms with van der Waals surface area (Å²) in [6.45, 7) is 1.95. The van der Waals surface area contributed by atoms with Gasteiger partial charge >= 0.3 is 30.2 Å². The first-order valence-electron chi connectivity index (χ1n) is 8.18. The molecular formula is C23H51Cl2NSiZr-8. The van der Waals surface area contributed by atoms with Crippen LogP contribution in [0.4, 0.5) is 0 Å². The van der Waals surface area contributed by atoms with Crippen LogP contribution in [0.25, 0.3) is 5.73 Å². The Morgan fingerprint density at radius 1 is 0.679 bits per heavy atom. The molecule has 0 spiro atoms. The molecule has 0 amide bonds. The van der Waals surface area contributed by atoms with Gasteiger partial charge in [-0.15, -0.1) is 37.3 Å². The fourth-order valence-electron chi connectivity index (χ4n) is 2.50. The molecule has 0 heterocycles. The Morgan fingerprint density at radius 2 is 1.00 bits per heavy atom. The van der Waals surface area contributed by atoms with E-state index in [1.54, 1.807) is 23.3 Å². The first-order valence-corrected chi connectivity index (χ1v) is 14.1. The molecule has 2 rings (SSSR count). The predicted octanol–water partition coefficient (Wildman–Crippen LogP) is 8.64. The van der Waals surface area contributed by atoms with Crippen molar-refractivity contribution in [3.05, 3.63) is 74.6 Å². The third kappa shape index (κ3) is 45.7. The van der Waals surface area contributed by atoms with Gasteiger partial charge in [-0.3, -0.25) is 6.08 Å². The van der Waals surface area contributed by atoms with Gasteiger partial charge in [0.1, 0.15) is 0 Å². The van der Waals surface area contributed by atoms with E-state index in [1.807, 2.05) is 19.0 Å². The first-order chi connectivity index (χ1) is 9.89. The van der Waals surface area contributed by atoms with E-state index in [-0.39, 0.29) is 75.4 Å². The molecule has 0 aromatic carbocycles. The maximum absolute atomic E-state index is 7.80. The maximum atomic E-state index is 7.80. The SMILES string of the molecule is Cl.Cl.[C-]1=CC=CC1.[CH3-].[CH3-].[CH3-].[CH3-].[CH3-].[CH3-].[NH-]C1CCCCCCCCCCC1.[SiH2]=[Zr]. The van der Waals surface area contributed by atoms with Crippen LogP contribution in [-0.2, 0) is 23.3 Å². The Bertz CT molecular complexity index is 243. The van der Waals surface area contributed by atoms with Crippen LogP contribution in [0.1, 0.15) is 77.0 Å². The molecule has 0 aromatic heterocycles. The Hall–Kier alpha value is 1.12. The molecule has 5 heteroatoms. The zero-order valence-electron chi connectivity index (χ0n) is 19.8. The molecule has 28 heavy (non-hydrogen) atoms. The summed E-state index contributed by atoms with van der Waals surface area (Å²) >= 11 is 1.58. The average molecular weight is 532 g/mol. The molecule has 0 radical (unpaired) electrons. The standard InChI is InChI=1S/C12H24N.C5H5.6CH3.2ClH.H2Si.Zr/c13-12-10-8-6-4-2-1-3-5-7-9-11-12;1-2-4-5-3-1;;;;;;;;;;/h12-13H,1-11H2;1-3H,4H2;6*1H3;2*1H;1H2;/q8*-1;;;;. The molecule has 0 aliphatic heterocycles. The topological polar surface area (TPSA) is 23.8 Å². The number of halogens is 2. The molecule has 2 aliphatic carbocycles. The normalized spacial score (nSPS) is 14.7. The molecule has 1 nitrogen and oxygen atoms in total. The van der Waals surface area contributed by atoms with Crippen molar-refractivity contribution >= 4 is 31.7 Å². The van der Waals surface area contributed by atoms with E-state index in [0.29, 0.717) is 0 Å². The van der Waals surface area contributed by atoms with E-state index in [9.17, 15) is 0 Å². The summed E-state index contributed by atoms with van der Waals surface area (Å²) in [6.07, 6.45) is 24.8. The zero-order chi connectivity index (χ0) is 14.9. The minimum atomic E-state index is 0. The summed E-state index contributed by atoms with van der Waals surface area (Å²) in [7, 11) is 0. The number of hydrogen-bond acceptors (Lipinski definition) is 0. The quantitative estimate of drug-likeness (QED) is 0.221. The zero-order valence-corrected chi connectivity index (χ0v) is 25.3. The van der Waals surface area contributed by atoms with E-state index < -0.39 is 0 Å². The molecular weight excluding hydrogens is 480 g/mol. The van der Waals surface area contributed by atoms with Crippen LogP contribution in [-0.4, -0.2) is 12.9 Å². The minimum absolute atomic E-state index is 0. The molecule has 1 N–H and O–H groups in total. The van der Waals surface area contributed by atoms with Gasteiger partial charge in [0.2, 0.25) is 0 Å². The Labute approximate surface area is 211 Å². The second-order valence-electron chi connectivity index (χ2n) is 5.46. The van der Waals surface area contributed by atoms with Crippen molar-refractivity contribution in [2.75, 3.05) is 0 Å². The van der Waals surface area contributed by atoms with Gasteiger partial charge in [-0.25, -0.2) is 12.2 Å². The summed E-state index contributed by atoms with van der Waals surface area (Å²) in [4.78, 5) is 0. The van der Waals surface area contributed by atoms with Gasteiger partial charge in [0, 0.05) is 0 Å².